The second-order valence-electron chi connectivity index (χ2n) is 3.76. The maximum absolute atomic E-state index is 11.8. The van der Waals surface area contributed by atoms with Gasteiger partial charge in [-0.05, 0) is 30.7 Å². The second-order valence-corrected chi connectivity index (χ2v) is 3.76. The quantitative estimate of drug-likeness (QED) is 0.464. The monoisotopic (exact) mass is 251 g/mol. The molecule has 1 aromatic carbocycles. The molecule has 0 spiro atoms. The summed E-state index contributed by atoms with van der Waals surface area (Å²) < 4.78 is 9.88. The molecule has 5 nitrogen and oxygen atoms in total. The van der Waals surface area contributed by atoms with Crippen LogP contribution in [0.15, 0.2) is 18.2 Å². The van der Waals surface area contributed by atoms with E-state index in [0.29, 0.717) is 24.5 Å². The number of rotatable bonds is 6. The van der Waals surface area contributed by atoms with Gasteiger partial charge in [-0.2, -0.15) is 0 Å². The van der Waals surface area contributed by atoms with Gasteiger partial charge in [0.05, 0.1) is 13.7 Å². The van der Waals surface area contributed by atoms with Gasteiger partial charge in [0.15, 0.2) is 0 Å². The first kappa shape index (κ1) is 14.2. The molecule has 0 saturated carbocycles. The maximum atomic E-state index is 11.8. The van der Waals surface area contributed by atoms with E-state index in [0.717, 1.165) is 5.56 Å². The molecule has 0 saturated heterocycles. The van der Waals surface area contributed by atoms with Crippen LogP contribution in [0.3, 0.4) is 0 Å². The lowest BCUT2D eigenvalue weighted by atomic mass is 10.1. The molecule has 0 bridgehead atoms. The minimum Gasteiger partial charge on any atom is -0.496 e. The number of carbonyl (C=O) groups excluding carboxylic acids is 2. The van der Waals surface area contributed by atoms with Crippen molar-refractivity contribution in [2.45, 2.75) is 6.92 Å². The Labute approximate surface area is 106 Å². The Hall–Kier alpha value is -1.88. The van der Waals surface area contributed by atoms with Gasteiger partial charge in [0.25, 0.3) is 5.91 Å². The molecule has 0 aliphatic heterocycles. The Bertz CT molecular complexity index is 443. The number of hydrogen-bond donors (Lipinski definition) is 1. The van der Waals surface area contributed by atoms with Crippen molar-refractivity contribution in [2.24, 2.45) is 0 Å². The molecule has 5 heteroatoms. The molecule has 1 rings (SSSR count). The summed E-state index contributed by atoms with van der Waals surface area (Å²) >= 11 is 0. The van der Waals surface area contributed by atoms with Crippen LogP contribution in [-0.2, 0) is 9.53 Å². The molecular weight excluding hydrogens is 234 g/mol. The van der Waals surface area contributed by atoms with Crippen molar-refractivity contribution < 1.29 is 19.1 Å². The molecule has 0 radical (unpaired) electrons. The zero-order valence-corrected chi connectivity index (χ0v) is 10.8. The summed E-state index contributed by atoms with van der Waals surface area (Å²) in [5.41, 5.74) is 1.16. The van der Waals surface area contributed by atoms with Crippen LogP contribution in [0.1, 0.15) is 15.9 Å². The summed E-state index contributed by atoms with van der Waals surface area (Å²) in [5.74, 6) is -0.500. The zero-order chi connectivity index (χ0) is 13.5. The van der Waals surface area contributed by atoms with E-state index in [2.05, 4.69) is 5.32 Å². The third-order valence-corrected chi connectivity index (χ3v) is 2.46. The number of amides is 1. The van der Waals surface area contributed by atoms with Crippen molar-refractivity contribution in [1.29, 1.82) is 0 Å². The van der Waals surface area contributed by atoms with Crippen LogP contribution in [0.4, 0.5) is 0 Å². The molecule has 0 aliphatic rings. The van der Waals surface area contributed by atoms with Crippen LogP contribution in [0.5, 0.6) is 5.75 Å². The van der Waals surface area contributed by atoms with Gasteiger partial charge in [-0.1, -0.05) is 0 Å². The summed E-state index contributed by atoms with van der Waals surface area (Å²) in [4.78, 5) is 23.3. The molecule has 0 aliphatic carbocycles. The van der Waals surface area contributed by atoms with Crippen LogP contribution in [0, 0.1) is 6.92 Å². The van der Waals surface area contributed by atoms with E-state index >= 15 is 0 Å². The Morgan fingerprint density at radius 2 is 2.00 bits per heavy atom. The first-order chi connectivity index (χ1) is 8.60. The van der Waals surface area contributed by atoms with Crippen LogP contribution in [0.2, 0.25) is 0 Å². The van der Waals surface area contributed by atoms with Gasteiger partial charge < -0.3 is 14.8 Å². The average Bonchev–Trinajstić information content (AvgIpc) is 2.38. The number of ketones is 1. The highest BCUT2D eigenvalue weighted by Crippen LogP contribution is 2.18. The van der Waals surface area contributed by atoms with Gasteiger partial charge >= 0.3 is 0 Å². The lowest BCUT2D eigenvalue weighted by Crippen LogP contribution is -2.33. The van der Waals surface area contributed by atoms with Gasteiger partial charge in [-0.15, -0.1) is 0 Å². The van der Waals surface area contributed by atoms with Crippen LogP contribution in [0.25, 0.3) is 0 Å². The summed E-state index contributed by atoms with van der Waals surface area (Å²) in [6.45, 7) is 2.51. The predicted octanol–water partition coefficient (Wildman–Crippen LogP) is 0.949. The summed E-state index contributed by atoms with van der Waals surface area (Å²) in [6, 6.07) is 4.88. The zero-order valence-electron chi connectivity index (χ0n) is 10.8. The molecule has 0 unspecified atom stereocenters. The van der Waals surface area contributed by atoms with Crippen LogP contribution < -0.4 is 10.1 Å². The van der Waals surface area contributed by atoms with Crippen molar-refractivity contribution in [3.05, 3.63) is 29.3 Å². The molecule has 98 valence electrons. The number of methoxy groups -OCH3 is 2. The molecule has 1 N–H and O–H groups in total. The lowest BCUT2D eigenvalue weighted by molar-refractivity contribution is -0.117. The highest BCUT2D eigenvalue weighted by Gasteiger charge is 2.16. The maximum Gasteiger partial charge on any atom is 0.292 e. The molecule has 18 heavy (non-hydrogen) atoms. The Kier molecular flexibility index (Phi) is 5.32. The van der Waals surface area contributed by atoms with E-state index in [1.807, 2.05) is 6.92 Å². The van der Waals surface area contributed by atoms with E-state index < -0.39 is 11.7 Å². The molecule has 1 amide bonds. The van der Waals surface area contributed by atoms with Gasteiger partial charge in [-0.3, -0.25) is 9.59 Å². The Morgan fingerprint density at radius 1 is 1.28 bits per heavy atom. The number of Topliss-reactive ketones (excluding diaryl/α,β-unsaturated/α-hetero) is 1. The second kappa shape index (κ2) is 6.76. The molecule has 0 atom stereocenters. The average molecular weight is 251 g/mol. The Morgan fingerprint density at radius 3 is 2.56 bits per heavy atom. The SMILES string of the molecule is COCCNC(=O)C(=O)c1ccc(OC)c(C)c1. The summed E-state index contributed by atoms with van der Waals surface area (Å²) in [7, 11) is 3.09. The first-order valence-corrected chi connectivity index (χ1v) is 5.56. The van der Waals surface area contributed by atoms with E-state index in [9.17, 15) is 9.59 Å². The van der Waals surface area contributed by atoms with E-state index in [1.54, 1.807) is 25.3 Å². The van der Waals surface area contributed by atoms with Crippen molar-refractivity contribution in [2.75, 3.05) is 27.4 Å². The van der Waals surface area contributed by atoms with Crippen molar-refractivity contribution >= 4 is 11.7 Å². The summed E-state index contributed by atoms with van der Waals surface area (Å²) in [6.07, 6.45) is 0. The number of ether oxygens (including phenoxy) is 2. The van der Waals surface area contributed by atoms with Crippen molar-refractivity contribution in [3.8, 4) is 5.75 Å². The third-order valence-electron chi connectivity index (χ3n) is 2.46. The largest absolute Gasteiger partial charge is 0.496 e. The molecule has 1 aromatic rings. The van der Waals surface area contributed by atoms with Gasteiger partial charge in [0, 0.05) is 19.2 Å². The molecule has 0 fully saturated rings. The standard InChI is InChI=1S/C13H17NO4/c1-9-8-10(4-5-11(9)18-3)12(15)13(16)14-6-7-17-2/h4-5,8H,6-7H2,1-3H3,(H,14,16). The van der Waals surface area contributed by atoms with Gasteiger partial charge in [0.2, 0.25) is 5.78 Å². The predicted molar refractivity (Wildman–Crippen MR) is 66.9 cm³/mol. The van der Waals surface area contributed by atoms with E-state index in [1.165, 1.54) is 7.11 Å². The highest BCUT2D eigenvalue weighted by atomic mass is 16.5. The number of hydrogen-bond acceptors (Lipinski definition) is 4. The number of aryl methyl sites for hydroxylation is 1. The molecule has 0 heterocycles. The normalized spacial score (nSPS) is 9.94. The summed E-state index contributed by atoms with van der Waals surface area (Å²) in [5, 5.41) is 2.49. The number of benzene rings is 1. The highest BCUT2D eigenvalue weighted by molar-refractivity contribution is 6.42. The van der Waals surface area contributed by atoms with Gasteiger partial charge in [-0.25, -0.2) is 0 Å². The fourth-order valence-corrected chi connectivity index (χ4v) is 1.50. The van der Waals surface area contributed by atoms with Crippen LogP contribution >= 0.6 is 0 Å². The Balaban J connectivity index is 2.72. The van der Waals surface area contributed by atoms with Gasteiger partial charge in [0.1, 0.15) is 5.75 Å². The van der Waals surface area contributed by atoms with Crippen molar-refractivity contribution in [3.63, 3.8) is 0 Å². The fraction of sp³-hybridized carbons (Fsp3) is 0.385. The van der Waals surface area contributed by atoms with Crippen molar-refractivity contribution in [1.82, 2.24) is 5.32 Å². The smallest absolute Gasteiger partial charge is 0.292 e. The minimum atomic E-state index is -0.628. The first-order valence-electron chi connectivity index (χ1n) is 5.56. The minimum absolute atomic E-state index is 0.316. The van der Waals surface area contributed by atoms with E-state index in [-0.39, 0.29) is 0 Å². The van der Waals surface area contributed by atoms with E-state index in [4.69, 9.17) is 9.47 Å². The topological polar surface area (TPSA) is 64.6 Å². The number of nitrogens with one attached hydrogen (secondary N) is 1. The number of carbonyl (C=O) groups is 2. The third kappa shape index (κ3) is 3.56. The molecular formula is C13H17NO4. The fourth-order valence-electron chi connectivity index (χ4n) is 1.50. The lowest BCUT2D eigenvalue weighted by Gasteiger charge is -2.07. The van der Waals surface area contributed by atoms with Crippen LogP contribution in [-0.4, -0.2) is 39.1 Å². The molecule has 0 aromatic heterocycles.